The molecule has 9 heteroatoms. The highest BCUT2D eigenvalue weighted by Crippen LogP contribution is 2.31. The predicted octanol–water partition coefficient (Wildman–Crippen LogP) is 4.68. The summed E-state index contributed by atoms with van der Waals surface area (Å²) < 4.78 is 7.31. The molecule has 1 amide bonds. The number of amides is 1. The lowest BCUT2D eigenvalue weighted by Crippen LogP contribution is -2.14. The van der Waals surface area contributed by atoms with Crippen molar-refractivity contribution >= 4 is 50.6 Å². The number of rotatable bonds is 10. The standard InChI is InChI=1S/C20H19N3O4S2/c1-2-9-27-10-11-28-20-22-17-8-5-15(13-18(17)29-20)21-19(24)12-14-3-6-16(7-4-14)23(25)26/h2-8,13H,1,9-12H2,(H,21,24). The van der Waals surface area contributed by atoms with E-state index in [1.165, 1.54) is 12.1 Å². The molecule has 0 aliphatic carbocycles. The Bertz CT molecular complexity index is 1020. The average molecular weight is 430 g/mol. The van der Waals surface area contributed by atoms with E-state index in [0.29, 0.717) is 24.5 Å². The summed E-state index contributed by atoms with van der Waals surface area (Å²) in [5, 5.41) is 13.6. The van der Waals surface area contributed by atoms with Gasteiger partial charge in [-0.3, -0.25) is 14.9 Å². The van der Waals surface area contributed by atoms with Crippen LogP contribution in [0.4, 0.5) is 11.4 Å². The minimum atomic E-state index is -0.463. The molecular weight excluding hydrogens is 410 g/mol. The summed E-state index contributed by atoms with van der Waals surface area (Å²) in [6, 6.07) is 11.6. The molecular formula is C20H19N3O4S2. The van der Waals surface area contributed by atoms with Gasteiger partial charge in [0, 0.05) is 23.6 Å². The van der Waals surface area contributed by atoms with Crippen LogP contribution in [-0.4, -0.2) is 34.8 Å². The van der Waals surface area contributed by atoms with Crippen molar-refractivity contribution in [2.24, 2.45) is 0 Å². The summed E-state index contributed by atoms with van der Waals surface area (Å²) in [6.07, 6.45) is 1.87. The zero-order chi connectivity index (χ0) is 20.6. The lowest BCUT2D eigenvalue weighted by atomic mass is 10.1. The topological polar surface area (TPSA) is 94.4 Å². The number of nitrogens with zero attached hydrogens (tertiary/aromatic N) is 2. The molecule has 3 aromatic rings. The van der Waals surface area contributed by atoms with E-state index in [1.807, 2.05) is 18.2 Å². The van der Waals surface area contributed by atoms with Gasteiger partial charge in [-0.1, -0.05) is 30.0 Å². The van der Waals surface area contributed by atoms with E-state index < -0.39 is 4.92 Å². The first-order valence-electron chi connectivity index (χ1n) is 8.80. The Hall–Kier alpha value is -2.75. The summed E-state index contributed by atoms with van der Waals surface area (Å²) in [6.45, 7) is 4.79. The lowest BCUT2D eigenvalue weighted by Gasteiger charge is -2.05. The summed E-state index contributed by atoms with van der Waals surface area (Å²) in [4.78, 5) is 27.1. The Kier molecular flexibility index (Phi) is 7.34. The van der Waals surface area contributed by atoms with Gasteiger partial charge in [0.25, 0.3) is 5.69 Å². The summed E-state index contributed by atoms with van der Waals surface area (Å²) in [7, 11) is 0. The number of nitro benzene ring substituents is 1. The molecule has 0 bridgehead atoms. The quantitative estimate of drug-likeness (QED) is 0.165. The number of anilines is 1. The number of carbonyl (C=O) groups excluding carboxylic acids is 1. The molecule has 7 nitrogen and oxygen atoms in total. The van der Waals surface area contributed by atoms with Crippen LogP contribution in [0.25, 0.3) is 10.2 Å². The largest absolute Gasteiger partial charge is 0.377 e. The molecule has 29 heavy (non-hydrogen) atoms. The maximum Gasteiger partial charge on any atom is 0.269 e. The zero-order valence-corrected chi connectivity index (χ0v) is 17.1. The van der Waals surface area contributed by atoms with E-state index in [-0.39, 0.29) is 18.0 Å². The summed E-state index contributed by atoms with van der Waals surface area (Å²) in [5.41, 5.74) is 2.30. The van der Waals surface area contributed by atoms with Crippen LogP contribution in [-0.2, 0) is 16.0 Å². The van der Waals surface area contributed by atoms with E-state index in [9.17, 15) is 14.9 Å². The first-order valence-corrected chi connectivity index (χ1v) is 10.6. The third-order valence-electron chi connectivity index (χ3n) is 3.85. The van der Waals surface area contributed by atoms with Crippen molar-refractivity contribution < 1.29 is 14.5 Å². The van der Waals surface area contributed by atoms with E-state index in [1.54, 1.807) is 41.3 Å². The molecule has 1 N–H and O–H groups in total. The molecule has 1 heterocycles. The van der Waals surface area contributed by atoms with Gasteiger partial charge in [0.15, 0.2) is 4.34 Å². The molecule has 150 valence electrons. The number of carbonyl (C=O) groups is 1. The molecule has 0 radical (unpaired) electrons. The molecule has 0 spiro atoms. The summed E-state index contributed by atoms with van der Waals surface area (Å²) in [5.74, 6) is 0.628. The molecule has 0 aliphatic heterocycles. The van der Waals surface area contributed by atoms with Crippen molar-refractivity contribution in [2.45, 2.75) is 10.8 Å². The van der Waals surface area contributed by atoms with Crippen LogP contribution < -0.4 is 5.32 Å². The van der Waals surface area contributed by atoms with Crippen molar-refractivity contribution in [3.05, 3.63) is 70.8 Å². The third kappa shape index (κ3) is 6.11. The number of benzene rings is 2. The summed E-state index contributed by atoms with van der Waals surface area (Å²) >= 11 is 3.21. The first-order chi connectivity index (χ1) is 14.0. The highest BCUT2D eigenvalue weighted by molar-refractivity contribution is 8.01. The van der Waals surface area contributed by atoms with Gasteiger partial charge in [-0.2, -0.15) is 0 Å². The Balaban J connectivity index is 1.57. The fourth-order valence-electron chi connectivity index (χ4n) is 2.52. The molecule has 0 atom stereocenters. The number of aromatic nitrogens is 1. The van der Waals surface area contributed by atoms with Crippen LogP contribution in [0.3, 0.4) is 0 Å². The predicted molar refractivity (Wildman–Crippen MR) is 117 cm³/mol. The maximum atomic E-state index is 12.3. The number of nitro groups is 1. The van der Waals surface area contributed by atoms with Crippen molar-refractivity contribution in [3.63, 3.8) is 0 Å². The second kappa shape index (κ2) is 10.1. The van der Waals surface area contributed by atoms with Gasteiger partial charge >= 0.3 is 0 Å². The van der Waals surface area contributed by atoms with Gasteiger partial charge in [-0.15, -0.1) is 17.9 Å². The molecule has 0 saturated heterocycles. The molecule has 0 fully saturated rings. The number of non-ortho nitro benzene ring substituents is 1. The molecule has 1 aromatic heterocycles. The fourth-order valence-corrected chi connectivity index (χ4v) is 4.55. The number of ether oxygens (including phenoxy) is 1. The number of thiazole rings is 1. The van der Waals surface area contributed by atoms with Gasteiger partial charge in [0.1, 0.15) is 0 Å². The molecule has 3 rings (SSSR count). The van der Waals surface area contributed by atoms with Crippen molar-refractivity contribution in [3.8, 4) is 0 Å². The van der Waals surface area contributed by atoms with Crippen LogP contribution in [0.1, 0.15) is 5.56 Å². The minimum Gasteiger partial charge on any atom is -0.377 e. The van der Waals surface area contributed by atoms with Gasteiger partial charge in [0.05, 0.1) is 34.8 Å². The molecule has 0 aliphatic rings. The number of thioether (sulfide) groups is 1. The van der Waals surface area contributed by atoms with E-state index in [4.69, 9.17) is 4.74 Å². The van der Waals surface area contributed by atoms with Crippen LogP contribution in [0, 0.1) is 10.1 Å². The van der Waals surface area contributed by atoms with Gasteiger partial charge in [-0.25, -0.2) is 4.98 Å². The second-order valence-corrected chi connectivity index (χ2v) is 8.40. The molecule has 0 unspecified atom stereocenters. The smallest absolute Gasteiger partial charge is 0.269 e. The third-order valence-corrected chi connectivity index (χ3v) is 5.98. The Morgan fingerprint density at radius 2 is 2.10 bits per heavy atom. The Morgan fingerprint density at radius 3 is 2.83 bits per heavy atom. The molecule has 2 aromatic carbocycles. The van der Waals surface area contributed by atoms with Crippen LogP contribution in [0.2, 0.25) is 0 Å². The first kappa shape index (κ1) is 21.0. The van der Waals surface area contributed by atoms with Crippen LogP contribution >= 0.6 is 23.1 Å². The van der Waals surface area contributed by atoms with Gasteiger partial charge < -0.3 is 10.1 Å². The van der Waals surface area contributed by atoms with Gasteiger partial charge in [0.2, 0.25) is 5.91 Å². The van der Waals surface area contributed by atoms with E-state index in [2.05, 4.69) is 16.9 Å². The molecule has 0 saturated carbocycles. The number of fused-ring (bicyclic) bond motifs is 1. The van der Waals surface area contributed by atoms with E-state index >= 15 is 0 Å². The SMILES string of the molecule is C=CCOCCSc1nc2ccc(NC(=O)Cc3ccc([N+](=O)[O-])cc3)cc2s1. The fraction of sp³-hybridized carbons (Fsp3) is 0.200. The number of hydrogen-bond acceptors (Lipinski definition) is 7. The highest BCUT2D eigenvalue weighted by Gasteiger charge is 2.10. The number of hydrogen-bond donors (Lipinski definition) is 1. The Labute approximate surface area is 175 Å². The maximum absolute atomic E-state index is 12.3. The monoisotopic (exact) mass is 429 g/mol. The lowest BCUT2D eigenvalue weighted by molar-refractivity contribution is -0.384. The number of nitrogens with one attached hydrogen (secondary N) is 1. The van der Waals surface area contributed by atoms with Crippen LogP contribution in [0.5, 0.6) is 0 Å². The Morgan fingerprint density at radius 1 is 1.31 bits per heavy atom. The van der Waals surface area contributed by atoms with Crippen molar-refractivity contribution in [1.29, 1.82) is 0 Å². The zero-order valence-electron chi connectivity index (χ0n) is 15.5. The normalized spacial score (nSPS) is 10.8. The van der Waals surface area contributed by atoms with Gasteiger partial charge in [-0.05, 0) is 23.8 Å². The minimum absolute atomic E-state index is 0.00532. The van der Waals surface area contributed by atoms with Crippen LogP contribution in [0.15, 0.2) is 59.5 Å². The van der Waals surface area contributed by atoms with Crippen molar-refractivity contribution in [1.82, 2.24) is 4.98 Å². The van der Waals surface area contributed by atoms with E-state index in [0.717, 1.165) is 20.3 Å². The average Bonchev–Trinajstić information content (AvgIpc) is 3.10. The highest BCUT2D eigenvalue weighted by atomic mass is 32.2. The van der Waals surface area contributed by atoms with Crippen molar-refractivity contribution in [2.75, 3.05) is 24.3 Å². The second-order valence-electron chi connectivity index (χ2n) is 6.02.